The van der Waals surface area contributed by atoms with Crippen molar-refractivity contribution >= 4 is 22.0 Å². The first-order valence-electron chi connectivity index (χ1n) is 5.74. The molecule has 0 amide bonds. The summed E-state index contributed by atoms with van der Waals surface area (Å²) in [5.41, 5.74) is -1.20. The van der Waals surface area contributed by atoms with Gasteiger partial charge in [0.05, 0.1) is 12.2 Å². The van der Waals surface area contributed by atoms with E-state index in [4.69, 9.17) is 9.84 Å². The van der Waals surface area contributed by atoms with Crippen molar-refractivity contribution in [1.82, 2.24) is 9.55 Å². The molecule has 0 radical (unpaired) electrons. The van der Waals surface area contributed by atoms with E-state index in [1.54, 1.807) is 0 Å². The minimum absolute atomic E-state index is 0.166. The minimum Gasteiger partial charge on any atom is -0.394 e. The zero-order chi connectivity index (χ0) is 14.9. The van der Waals surface area contributed by atoms with Gasteiger partial charge in [-0.05, 0) is 11.1 Å². The highest BCUT2D eigenvalue weighted by Crippen LogP contribution is 2.27. The van der Waals surface area contributed by atoms with Crippen LogP contribution >= 0.6 is 15.9 Å². The summed E-state index contributed by atoms with van der Waals surface area (Å²) in [5.74, 6) is 0. The highest BCUT2D eigenvalue weighted by atomic mass is 79.9. The number of halogens is 1. The first-order valence-corrected chi connectivity index (χ1v) is 6.66. The van der Waals surface area contributed by atoms with Crippen LogP contribution in [0.15, 0.2) is 20.8 Å². The Hall–Kier alpha value is -1.26. The largest absolute Gasteiger partial charge is 0.394 e. The zero-order valence-corrected chi connectivity index (χ0v) is 11.7. The van der Waals surface area contributed by atoms with Crippen LogP contribution in [0.4, 0.5) is 0 Å². The van der Waals surface area contributed by atoms with Gasteiger partial charge in [-0.15, -0.1) is 0 Å². The maximum Gasteiger partial charge on any atom is 0.330 e. The van der Waals surface area contributed by atoms with E-state index in [1.165, 1.54) is 17.3 Å². The lowest BCUT2D eigenvalue weighted by Gasteiger charge is -2.17. The monoisotopic (exact) mass is 348 g/mol. The Morgan fingerprint density at radius 3 is 2.65 bits per heavy atom. The summed E-state index contributed by atoms with van der Waals surface area (Å²) in [6, 6.07) is 0. The number of nitrogens with zero attached hydrogens (tertiary/aromatic N) is 1. The maximum atomic E-state index is 11.8. The quantitative estimate of drug-likeness (QED) is 0.527. The molecule has 8 nitrogen and oxygen atoms in total. The molecule has 0 spiro atoms. The number of aliphatic hydroxyl groups is 3. The predicted molar refractivity (Wildman–Crippen MR) is 72.3 cm³/mol. The fourth-order valence-electron chi connectivity index (χ4n) is 1.99. The van der Waals surface area contributed by atoms with Crippen molar-refractivity contribution < 1.29 is 20.1 Å². The molecule has 1 aliphatic rings. The lowest BCUT2D eigenvalue weighted by Crippen LogP contribution is -2.38. The molecule has 20 heavy (non-hydrogen) atoms. The van der Waals surface area contributed by atoms with Crippen LogP contribution in [0.2, 0.25) is 0 Å². The van der Waals surface area contributed by atoms with Gasteiger partial charge in [0.15, 0.2) is 6.23 Å². The highest BCUT2D eigenvalue weighted by Gasteiger charge is 2.43. The zero-order valence-electron chi connectivity index (χ0n) is 10.1. The van der Waals surface area contributed by atoms with Crippen molar-refractivity contribution in [3.05, 3.63) is 37.6 Å². The Labute approximate surface area is 121 Å². The average Bonchev–Trinajstić information content (AvgIpc) is 2.70. The van der Waals surface area contributed by atoms with Crippen LogP contribution in [-0.2, 0) is 4.74 Å². The Morgan fingerprint density at radius 1 is 1.40 bits per heavy atom. The van der Waals surface area contributed by atoms with E-state index < -0.39 is 42.4 Å². The van der Waals surface area contributed by atoms with Crippen LogP contribution in [0.1, 0.15) is 11.8 Å². The predicted octanol–water partition coefficient (Wildman–Crippen LogP) is -1.49. The van der Waals surface area contributed by atoms with Crippen LogP contribution in [0.25, 0.3) is 6.08 Å². The second-order valence-corrected chi connectivity index (χ2v) is 4.80. The molecule has 1 aromatic rings. The molecule has 1 saturated heterocycles. The van der Waals surface area contributed by atoms with E-state index in [0.29, 0.717) is 0 Å². The molecule has 4 atom stereocenters. The lowest BCUT2D eigenvalue weighted by molar-refractivity contribution is -0.0550. The molecular formula is C11H13BrN2O6. The van der Waals surface area contributed by atoms with Gasteiger partial charge in [-0.25, -0.2) is 4.79 Å². The number of H-pyrrole nitrogens is 1. The minimum atomic E-state index is -1.39. The summed E-state index contributed by atoms with van der Waals surface area (Å²) in [6.07, 6.45) is -2.27. The summed E-state index contributed by atoms with van der Waals surface area (Å²) in [5, 5.41) is 28.5. The summed E-state index contributed by atoms with van der Waals surface area (Å²) >= 11 is 3.01. The van der Waals surface area contributed by atoms with Gasteiger partial charge in [0.25, 0.3) is 5.56 Å². The second kappa shape index (κ2) is 6.02. The van der Waals surface area contributed by atoms with Gasteiger partial charge in [0, 0.05) is 6.20 Å². The highest BCUT2D eigenvalue weighted by molar-refractivity contribution is 9.11. The standard InChI is InChI=1S/C11H13BrN2O6/c12-2-1-5-3-14(11(19)13-9(5)18)10-8(17)7(16)6(4-15)20-10/h1-3,6-8,10,15-17H,4H2,(H,13,18,19)/b2-1+/t6-,7-,8+,10+/m1/s1. The number of aromatic nitrogens is 2. The van der Waals surface area contributed by atoms with Crippen LogP contribution in [0.5, 0.6) is 0 Å². The van der Waals surface area contributed by atoms with Crippen LogP contribution in [0.3, 0.4) is 0 Å². The number of hydrogen-bond donors (Lipinski definition) is 4. The molecule has 0 aliphatic carbocycles. The van der Waals surface area contributed by atoms with Crippen LogP contribution < -0.4 is 11.2 Å². The van der Waals surface area contributed by atoms with Gasteiger partial charge in [0.2, 0.25) is 0 Å². The van der Waals surface area contributed by atoms with Gasteiger partial charge in [-0.1, -0.05) is 15.9 Å². The summed E-state index contributed by atoms with van der Waals surface area (Å²) in [4.78, 5) is 26.8. The van der Waals surface area contributed by atoms with Gasteiger partial charge in [-0.2, -0.15) is 0 Å². The van der Waals surface area contributed by atoms with Gasteiger partial charge in [-0.3, -0.25) is 14.3 Å². The third-order valence-electron chi connectivity index (χ3n) is 3.03. The van der Waals surface area contributed by atoms with E-state index in [1.807, 2.05) is 0 Å². The van der Waals surface area contributed by atoms with E-state index in [2.05, 4.69) is 20.9 Å². The topological polar surface area (TPSA) is 125 Å². The van der Waals surface area contributed by atoms with Crippen molar-refractivity contribution in [1.29, 1.82) is 0 Å². The van der Waals surface area contributed by atoms with E-state index >= 15 is 0 Å². The van der Waals surface area contributed by atoms with Crippen molar-refractivity contribution in [2.45, 2.75) is 24.5 Å². The first-order chi connectivity index (χ1) is 9.49. The molecule has 110 valence electrons. The fraction of sp³-hybridized carbons (Fsp3) is 0.455. The molecule has 0 saturated carbocycles. The fourth-order valence-corrected chi connectivity index (χ4v) is 2.27. The number of hydrogen-bond acceptors (Lipinski definition) is 6. The Bertz CT molecular complexity index is 624. The van der Waals surface area contributed by atoms with E-state index in [0.717, 1.165) is 4.57 Å². The first kappa shape index (κ1) is 15.1. The van der Waals surface area contributed by atoms with Gasteiger partial charge in [0.1, 0.15) is 18.3 Å². The Morgan fingerprint density at radius 2 is 2.10 bits per heavy atom. The number of aromatic amines is 1. The smallest absolute Gasteiger partial charge is 0.330 e. The van der Waals surface area contributed by atoms with Crippen molar-refractivity contribution in [3.8, 4) is 0 Å². The molecule has 1 aromatic heterocycles. The average molecular weight is 349 g/mol. The SMILES string of the molecule is O=c1[nH]c(=O)n([C@H]2O[C@H](CO)[C@@H](O)[C@@H]2O)cc1/C=C/Br. The summed E-state index contributed by atoms with van der Waals surface area (Å²) < 4.78 is 6.20. The molecule has 9 heteroatoms. The third-order valence-corrected chi connectivity index (χ3v) is 3.29. The molecule has 4 N–H and O–H groups in total. The van der Waals surface area contributed by atoms with Gasteiger partial charge < -0.3 is 20.1 Å². The molecule has 1 fully saturated rings. The lowest BCUT2D eigenvalue weighted by atomic mass is 10.1. The second-order valence-electron chi connectivity index (χ2n) is 4.27. The van der Waals surface area contributed by atoms with Crippen molar-refractivity contribution in [2.24, 2.45) is 0 Å². The summed E-state index contributed by atoms with van der Waals surface area (Å²) in [6.45, 7) is -0.499. The molecule has 0 aromatic carbocycles. The molecule has 0 bridgehead atoms. The molecule has 2 rings (SSSR count). The number of rotatable bonds is 3. The van der Waals surface area contributed by atoms with E-state index in [-0.39, 0.29) is 5.56 Å². The van der Waals surface area contributed by atoms with E-state index in [9.17, 15) is 19.8 Å². The van der Waals surface area contributed by atoms with Crippen molar-refractivity contribution in [3.63, 3.8) is 0 Å². The normalized spacial score (nSPS) is 30.2. The Kier molecular flexibility index (Phi) is 4.55. The van der Waals surface area contributed by atoms with Gasteiger partial charge >= 0.3 is 5.69 Å². The van der Waals surface area contributed by atoms with Crippen molar-refractivity contribution in [2.75, 3.05) is 6.61 Å². The molecule has 0 unspecified atom stereocenters. The van der Waals surface area contributed by atoms with Crippen LogP contribution in [-0.4, -0.2) is 49.8 Å². The number of ether oxygens (including phenoxy) is 1. The Balaban J connectivity index is 2.46. The number of nitrogens with one attached hydrogen (secondary N) is 1. The molecule has 2 heterocycles. The molecular weight excluding hydrogens is 336 g/mol. The third kappa shape index (κ3) is 2.63. The van der Waals surface area contributed by atoms with Crippen LogP contribution in [0, 0.1) is 0 Å². The molecule has 1 aliphatic heterocycles. The number of aliphatic hydroxyl groups excluding tert-OH is 3. The summed E-state index contributed by atoms with van der Waals surface area (Å²) in [7, 11) is 0. The maximum absolute atomic E-state index is 11.8.